The second kappa shape index (κ2) is 8.26. The highest BCUT2D eigenvalue weighted by Crippen LogP contribution is 2.40. The van der Waals surface area contributed by atoms with E-state index in [1.807, 2.05) is 41.9 Å². The maximum absolute atomic E-state index is 12.9. The maximum Gasteiger partial charge on any atom is 0.233 e. The van der Waals surface area contributed by atoms with Crippen LogP contribution in [0.25, 0.3) is 5.69 Å². The SMILES string of the molecule is C[C@@H](Sc1nc(C2CC2)n(-c2ccccc2)n1)C(=O)N[C@@H]1CCCc2ccccc21. The number of carbonyl (C=O) groups excluding carboxylic acids is 1. The number of fused-ring (bicyclic) bond motifs is 1. The van der Waals surface area contributed by atoms with E-state index in [2.05, 4.69) is 29.6 Å². The van der Waals surface area contributed by atoms with E-state index in [1.54, 1.807) is 0 Å². The first-order valence-electron chi connectivity index (χ1n) is 10.8. The van der Waals surface area contributed by atoms with Crippen molar-refractivity contribution in [1.82, 2.24) is 20.1 Å². The summed E-state index contributed by atoms with van der Waals surface area (Å²) in [5.74, 6) is 1.54. The molecule has 0 saturated heterocycles. The number of rotatable bonds is 6. The third-order valence-electron chi connectivity index (χ3n) is 5.89. The lowest BCUT2D eigenvalue weighted by molar-refractivity contribution is -0.121. The Hall–Kier alpha value is -2.60. The monoisotopic (exact) mass is 418 g/mol. The summed E-state index contributed by atoms with van der Waals surface area (Å²) in [5, 5.41) is 8.42. The van der Waals surface area contributed by atoms with Gasteiger partial charge in [-0.1, -0.05) is 54.2 Å². The van der Waals surface area contributed by atoms with Gasteiger partial charge >= 0.3 is 0 Å². The number of thioether (sulfide) groups is 1. The number of para-hydroxylation sites is 1. The lowest BCUT2D eigenvalue weighted by atomic mass is 9.88. The standard InChI is InChI=1S/C24H26N4OS/c1-16(23(29)25-21-13-7-9-17-8-5-6-12-20(17)21)30-24-26-22(18-14-15-18)28(27-24)19-10-3-2-4-11-19/h2-6,8,10-12,16,18,21H,7,9,13-15H2,1H3,(H,25,29)/t16-,21-/m1/s1. The van der Waals surface area contributed by atoms with E-state index >= 15 is 0 Å². The largest absolute Gasteiger partial charge is 0.348 e. The van der Waals surface area contributed by atoms with Gasteiger partial charge in [0.2, 0.25) is 11.1 Å². The number of nitrogens with zero attached hydrogens (tertiary/aromatic N) is 3. The quantitative estimate of drug-likeness (QED) is 0.583. The van der Waals surface area contributed by atoms with Gasteiger partial charge in [0.25, 0.3) is 0 Å². The van der Waals surface area contributed by atoms with Crippen molar-refractivity contribution in [2.24, 2.45) is 0 Å². The third kappa shape index (κ3) is 4.01. The van der Waals surface area contributed by atoms with Crippen LogP contribution in [0.1, 0.15) is 61.5 Å². The van der Waals surface area contributed by atoms with Crippen LogP contribution in [0.4, 0.5) is 0 Å². The summed E-state index contributed by atoms with van der Waals surface area (Å²) in [5.41, 5.74) is 3.64. The maximum atomic E-state index is 12.9. The zero-order chi connectivity index (χ0) is 20.5. The van der Waals surface area contributed by atoms with Crippen molar-refractivity contribution in [2.75, 3.05) is 0 Å². The van der Waals surface area contributed by atoms with E-state index in [1.165, 1.54) is 22.9 Å². The smallest absolute Gasteiger partial charge is 0.233 e. The normalized spacial score (nSPS) is 19.2. The fraction of sp³-hybridized carbons (Fsp3) is 0.375. The van der Waals surface area contributed by atoms with Gasteiger partial charge < -0.3 is 5.32 Å². The molecular weight excluding hydrogens is 392 g/mol. The highest BCUT2D eigenvalue weighted by molar-refractivity contribution is 8.00. The summed E-state index contributed by atoms with van der Waals surface area (Å²) in [6.07, 6.45) is 5.52. The number of aromatic nitrogens is 3. The molecule has 1 saturated carbocycles. The van der Waals surface area contributed by atoms with Crippen LogP contribution >= 0.6 is 11.8 Å². The minimum absolute atomic E-state index is 0.0470. The van der Waals surface area contributed by atoms with E-state index in [0.717, 1.165) is 43.6 Å². The van der Waals surface area contributed by atoms with Gasteiger partial charge in [0.1, 0.15) is 5.82 Å². The molecule has 2 atom stereocenters. The van der Waals surface area contributed by atoms with Gasteiger partial charge in [-0.3, -0.25) is 4.79 Å². The predicted molar refractivity (Wildman–Crippen MR) is 119 cm³/mol. The molecule has 5 rings (SSSR count). The van der Waals surface area contributed by atoms with Gasteiger partial charge in [0, 0.05) is 5.92 Å². The van der Waals surface area contributed by atoms with Crippen molar-refractivity contribution in [1.29, 1.82) is 0 Å². The molecule has 0 unspecified atom stereocenters. The average Bonchev–Trinajstić information content (AvgIpc) is 3.54. The van der Waals surface area contributed by atoms with Crippen LogP contribution in [0.15, 0.2) is 59.8 Å². The van der Waals surface area contributed by atoms with Gasteiger partial charge in [0.15, 0.2) is 0 Å². The first-order valence-corrected chi connectivity index (χ1v) is 11.6. The molecule has 1 heterocycles. The Labute approximate surface area is 181 Å². The van der Waals surface area contributed by atoms with Crippen molar-refractivity contribution in [2.45, 2.75) is 61.4 Å². The Balaban J connectivity index is 1.30. The predicted octanol–water partition coefficient (Wildman–Crippen LogP) is 4.82. The lowest BCUT2D eigenvalue weighted by Gasteiger charge is -2.27. The van der Waals surface area contributed by atoms with E-state index in [-0.39, 0.29) is 17.2 Å². The first kappa shape index (κ1) is 19.4. The van der Waals surface area contributed by atoms with Crippen LogP contribution in [0.2, 0.25) is 0 Å². The summed E-state index contributed by atoms with van der Waals surface area (Å²) < 4.78 is 1.95. The van der Waals surface area contributed by atoms with Gasteiger partial charge in [-0.15, -0.1) is 5.10 Å². The molecule has 6 heteroatoms. The van der Waals surface area contributed by atoms with Gasteiger partial charge in [-0.25, -0.2) is 9.67 Å². The first-order chi connectivity index (χ1) is 14.7. The van der Waals surface area contributed by atoms with E-state index < -0.39 is 0 Å². The number of carbonyl (C=O) groups is 1. The van der Waals surface area contributed by atoms with Crippen LogP contribution in [-0.2, 0) is 11.2 Å². The molecule has 2 aromatic carbocycles. The minimum Gasteiger partial charge on any atom is -0.348 e. The Morgan fingerprint density at radius 2 is 1.87 bits per heavy atom. The fourth-order valence-electron chi connectivity index (χ4n) is 4.12. The highest BCUT2D eigenvalue weighted by atomic mass is 32.2. The fourth-order valence-corrected chi connectivity index (χ4v) is 4.89. The molecule has 3 aromatic rings. The minimum atomic E-state index is -0.252. The van der Waals surface area contributed by atoms with Crippen LogP contribution in [0, 0.1) is 0 Å². The summed E-state index contributed by atoms with van der Waals surface area (Å²) in [4.78, 5) is 17.7. The van der Waals surface area contributed by atoms with Gasteiger partial charge in [-0.05, 0) is 62.3 Å². The topological polar surface area (TPSA) is 59.8 Å². The average molecular weight is 419 g/mol. The molecule has 0 aliphatic heterocycles. The number of hydrogen-bond donors (Lipinski definition) is 1. The Kier molecular flexibility index (Phi) is 5.34. The van der Waals surface area contributed by atoms with E-state index in [9.17, 15) is 4.79 Å². The van der Waals surface area contributed by atoms with Crippen LogP contribution < -0.4 is 5.32 Å². The third-order valence-corrected chi connectivity index (χ3v) is 6.84. The molecule has 2 aliphatic rings. The molecule has 1 fully saturated rings. The molecule has 5 nitrogen and oxygen atoms in total. The summed E-state index contributed by atoms with van der Waals surface area (Å²) >= 11 is 1.44. The van der Waals surface area contributed by atoms with E-state index in [4.69, 9.17) is 10.1 Å². The molecule has 30 heavy (non-hydrogen) atoms. The van der Waals surface area contributed by atoms with Crippen molar-refractivity contribution in [3.05, 3.63) is 71.5 Å². The number of aryl methyl sites for hydroxylation is 1. The number of amides is 1. The zero-order valence-corrected chi connectivity index (χ0v) is 17.9. The van der Waals surface area contributed by atoms with Crippen molar-refractivity contribution in [3.8, 4) is 5.69 Å². The highest BCUT2D eigenvalue weighted by Gasteiger charge is 2.31. The molecule has 0 radical (unpaired) electrons. The molecule has 2 aliphatic carbocycles. The molecule has 1 N–H and O–H groups in total. The summed E-state index contributed by atoms with van der Waals surface area (Å²) in [6.45, 7) is 1.94. The summed E-state index contributed by atoms with van der Waals surface area (Å²) in [7, 11) is 0. The molecule has 1 amide bonds. The van der Waals surface area contributed by atoms with Crippen LogP contribution in [-0.4, -0.2) is 25.9 Å². The number of nitrogens with one attached hydrogen (secondary N) is 1. The van der Waals surface area contributed by atoms with Crippen LogP contribution in [0.5, 0.6) is 0 Å². The van der Waals surface area contributed by atoms with Crippen molar-refractivity contribution < 1.29 is 4.79 Å². The Morgan fingerprint density at radius 3 is 2.67 bits per heavy atom. The second-order valence-corrected chi connectivity index (χ2v) is 9.49. The molecule has 154 valence electrons. The second-order valence-electron chi connectivity index (χ2n) is 8.19. The van der Waals surface area contributed by atoms with Gasteiger partial charge in [0.05, 0.1) is 17.0 Å². The number of benzene rings is 2. The van der Waals surface area contributed by atoms with Gasteiger partial charge in [-0.2, -0.15) is 0 Å². The lowest BCUT2D eigenvalue weighted by Crippen LogP contribution is -2.35. The Bertz CT molecular complexity index is 1040. The Morgan fingerprint density at radius 1 is 1.10 bits per heavy atom. The molecular formula is C24H26N4OS. The molecule has 1 aromatic heterocycles. The molecule has 0 bridgehead atoms. The van der Waals surface area contributed by atoms with Crippen molar-refractivity contribution in [3.63, 3.8) is 0 Å². The van der Waals surface area contributed by atoms with E-state index in [0.29, 0.717) is 11.1 Å². The summed E-state index contributed by atoms with van der Waals surface area (Å²) in [6, 6.07) is 18.7. The van der Waals surface area contributed by atoms with Crippen molar-refractivity contribution >= 4 is 17.7 Å². The van der Waals surface area contributed by atoms with Crippen LogP contribution in [0.3, 0.4) is 0 Å². The molecule has 0 spiro atoms. The number of hydrogen-bond acceptors (Lipinski definition) is 4. The zero-order valence-electron chi connectivity index (χ0n) is 17.1.